The van der Waals surface area contributed by atoms with Crippen LogP contribution in [0.15, 0.2) is 60.8 Å². The van der Waals surface area contributed by atoms with E-state index in [1.54, 1.807) is 0 Å². The molecule has 0 aliphatic carbocycles. The standard InChI is InChI=1S/C61H110O5/c1-4-7-10-13-16-19-22-25-27-29-30-31-33-35-38-41-44-47-50-53-56-64-57-59(66-61(63)55-52-49-46-43-40-36-24-21-18-15-12-9-6-3)58-65-60(62)54-51-48-45-42-39-37-34-32-28-26-23-20-17-14-11-8-5-2/h8,11,17,20,25-28,34,37,59H,4-7,9-10,12-16,18-19,21-24,29-33,35-36,38-58H2,1-3H3/b11-8-,20-17-,27-25-,28-26-,37-34-. The van der Waals surface area contributed by atoms with Crippen molar-refractivity contribution in [3.8, 4) is 0 Å². The zero-order chi connectivity index (χ0) is 47.7. The van der Waals surface area contributed by atoms with Crippen LogP contribution >= 0.6 is 0 Å². The Hall–Kier alpha value is -2.40. The molecule has 1 unspecified atom stereocenters. The lowest BCUT2D eigenvalue weighted by molar-refractivity contribution is -0.163. The largest absolute Gasteiger partial charge is 0.462 e. The highest BCUT2D eigenvalue weighted by atomic mass is 16.6. The molecule has 0 aromatic carbocycles. The highest BCUT2D eigenvalue weighted by Gasteiger charge is 2.17. The Morgan fingerprint density at radius 2 is 0.682 bits per heavy atom. The van der Waals surface area contributed by atoms with Gasteiger partial charge in [0.05, 0.1) is 6.61 Å². The van der Waals surface area contributed by atoms with Crippen LogP contribution in [0, 0.1) is 0 Å². The van der Waals surface area contributed by atoms with Crippen molar-refractivity contribution in [1.29, 1.82) is 0 Å². The fourth-order valence-corrected chi connectivity index (χ4v) is 8.26. The van der Waals surface area contributed by atoms with E-state index >= 15 is 0 Å². The van der Waals surface area contributed by atoms with E-state index in [2.05, 4.69) is 81.5 Å². The third-order valence-corrected chi connectivity index (χ3v) is 12.5. The SMILES string of the molecule is CC/C=C\C/C=C\C/C=C\C/C=C\CCCCCCC(=O)OCC(COCCCCCCCCCCCC/C=C\CCCCCCCC)OC(=O)CCCCCCCCCCCCCCC. The van der Waals surface area contributed by atoms with Crippen molar-refractivity contribution < 1.29 is 23.8 Å². The van der Waals surface area contributed by atoms with Gasteiger partial charge in [0, 0.05) is 19.4 Å². The number of hydrogen-bond acceptors (Lipinski definition) is 5. The van der Waals surface area contributed by atoms with E-state index in [4.69, 9.17) is 14.2 Å². The fourth-order valence-electron chi connectivity index (χ4n) is 8.26. The van der Waals surface area contributed by atoms with Crippen LogP contribution in [0.3, 0.4) is 0 Å². The molecule has 0 aliphatic rings. The van der Waals surface area contributed by atoms with Gasteiger partial charge in [0.2, 0.25) is 0 Å². The van der Waals surface area contributed by atoms with Gasteiger partial charge in [-0.3, -0.25) is 9.59 Å². The summed E-state index contributed by atoms with van der Waals surface area (Å²) < 4.78 is 17.5. The molecule has 0 rings (SSSR count). The van der Waals surface area contributed by atoms with Crippen molar-refractivity contribution in [3.63, 3.8) is 0 Å². The minimum absolute atomic E-state index is 0.0744. The maximum Gasteiger partial charge on any atom is 0.306 e. The third kappa shape index (κ3) is 54.2. The molecule has 0 spiro atoms. The average Bonchev–Trinajstić information content (AvgIpc) is 3.32. The van der Waals surface area contributed by atoms with Crippen LogP contribution in [-0.2, 0) is 23.8 Å². The molecule has 0 fully saturated rings. The zero-order valence-corrected chi connectivity index (χ0v) is 44.2. The Bertz CT molecular complexity index is 1130. The smallest absolute Gasteiger partial charge is 0.306 e. The van der Waals surface area contributed by atoms with Gasteiger partial charge >= 0.3 is 11.9 Å². The second kappa shape index (κ2) is 56.9. The molecule has 0 saturated heterocycles. The number of carbonyl (C=O) groups excluding carboxylic acids is 2. The summed E-state index contributed by atoms with van der Waals surface area (Å²) in [6.07, 6.45) is 72.4. The predicted octanol–water partition coefficient (Wildman–Crippen LogP) is 19.7. The first-order chi connectivity index (χ1) is 32.6. The summed E-state index contributed by atoms with van der Waals surface area (Å²) in [7, 11) is 0. The maximum atomic E-state index is 12.8. The molecule has 0 amide bonds. The monoisotopic (exact) mass is 923 g/mol. The van der Waals surface area contributed by atoms with Crippen LogP contribution in [0.1, 0.15) is 290 Å². The molecule has 0 saturated carbocycles. The number of allylic oxidation sites excluding steroid dienone is 10. The zero-order valence-electron chi connectivity index (χ0n) is 44.2. The molecule has 0 aliphatic heterocycles. The second-order valence-corrected chi connectivity index (χ2v) is 19.2. The molecule has 0 bridgehead atoms. The number of ether oxygens (including phenoxy) is 3. The second-order valence-electron chi connectivity index (χ2n) is 19.2. The van der Waals surface area contributed by atoms with Gasteiger partial charge in [-0.1, -0.05) is 255 Å². The van der Waals surface area contributed by atoms with E-state index in [0.717, 1.165) is 83.5 Å². The first-order valence-electron chi connectivity index (χ1n) is 28.8. The molecule has 1 atom stereocenters. The van der Waals surface area contributed by atoms with Gasteiger partial charge in [0.1, 0.15) is 6.61 Å². The molecule has 5 nitrogen and oxygen atoms in total. The van der Waals surface area contributed by atoms with Crippen molar-refractivity contribution in [3.05, 3.63) is 60.8 Å². The van der Waals surface area contributed by atoms with Crippen LogP contribution < -0.4 is 0 Å². The summed E-state index contributed by atoms with van der Waals surface area (Å²) in [4.78, 5) is 25.5. The molecule has 0 N–H and O–H groups in total. The van der Waals surface area contributed by atoms with E-state index in [0.29, 0.717) is 19.4 Å². The molecule has 0 aromatic rings. The van der Waals surface area contributed by atoms with Gasteiger partial charge in [-0.15, -0.1) is 0 Å². The molecule has 0 aromatic heterocycles. The van der Waals surface area contributed by atoms with E-state index < -0.39 is 6.10 Å². The van der Waals surface area contributed by atoms with Crippen molar-refractivity contribution in [1.82, 2.24) is 0 Å². The summed E-state index contributed by atoms with van der Waals surface area (Å²) in [5.74, 6) is -0.413. The molecular weight excluding hydrogens is 813 g/mol. The van der Waals surface area contributed by atoms with Gasteiger partial charge in [-0.2, -0.15) is 0 Å². The average molecular weight is 924 g/mol. The molecular formula is C61H110O5. The quantitative estimate of drug-likeness (QED) is 0.0346. The Labute approximate surface area is 411 Å². The molecule has 5 heteroatoms. The van der Waals surface area contributed by atoms with Gasteiger partial charge < -0.3 is 14.2 Å². The summed E-state index contributed by atoms with van der Waals surface area (Å²) in [6, 6.07) is 0. The van der Waals surface area contributed by atoms with E-state index in [1.807, 2.05) is 0 Å². The lowest BCUT2D eigenvalue weighted by Crippen LogP contribution is -2.30. The van der Waals surface area contributed by atoms with E-state index in [1.165, 1.54) is 173 Å². The Morgan fingerprint density at radius 1 is 0.348 bits per heavy atom. The van der Waals surface area contributed by atoms with Gasteiger partial charge in [-0.05, 0) is 83.5 Å². The summed E-state index contributed by atoms with van der Waals surface area (Å²) in [6.45, 7) is 7.72. The van der Waals surface area contributed by atoms with Crippen molar-refractivity contribution in [2.45, 2.75) is 297 Å². The predicted molar refractivity (Wildman–Crippen MR) is 288 cm³/mol. The van der Waals surface area contributed by atoms with Crippen LogP contribution in [0.5, 0.6) is 0 Å². The fraction of sp³-hybridized carbons (Fsp3) is 0.803. The number of hydrogen-bond donors (Lipinski definition) is 0. The highest BCUT2D eigenvalue weighted by Crippen LogP contribution is 2.16. The summed E-state index contributed by atoms with van der Waals surface area (Å²) in [5.41, 5.74) is 0. The third-order valence-electron chi connectivity index (χ3n) is 12.5. The van der Waals surface area contributed by atoms with Crippen LogP contribution in [-0.4, -0.2) is 37.9 Å². The van der Waals surface area contributed by atoms with E-state index in [9.17, 15) is 9.59 Å². The van der Waals surface area contributed by atoms with Crippen LogP contribution in [0.2, 0.25) is 0 Å². The van der Waals surface area contributed by atoms with Crippen molar-refractivity contribution >= 4 is 11.9 Å². The Kier molecular flexibility index (Phi) is 54.9. The summed E-state index contributed by atoms with van der Waals surface area (Å²) >= 11 is 0. The van der Waals surface area contributed by atoms with Crippen LogP contribution in [0.4, 0.5) is 0 Å². The molecule has 384 valence electrons. The molecule has 66 heavy (non-hydrogen) atoms. The normalized spacial score (nSPS) is 12.6. The highest BCUT2D eigenvalue weighted by molar-refractivity contribution is 5.70. The minimum Gasteiger partial charge on any atom is -0.462 e. The minimum atomic E-state index is -0.546. The number of esters is 2. The van der Waals surface area contributed by atoms with Gasteiger partial charge in [-0.25, -0.2) is 0 Å². The van der Waals surface area contributed by atoms with E-state index in [-0.39, 0.29) is 25.2 Å². The Balaban J connectivity index is 4.26. The molecule has 0 radical (unpaired) electrons. The van der Waals surface area contributed by atoms with Crippen molar-refractivity contribution in [2.24, 2.45) is 0 Å². The Morgan fingerprint density at radius 3 is 1.11 bits per heavy atom. The molecule has 0 heterocycles. The first kappa shape index (κ1) is 63.6. The topological polar surface area (TPSA) is 61.8 Å². The van der Waals surface area contributed by atoms with Gasteiger partial charge in [0.25, 0.3) is 0 Å². The maximum absolute atomic E-state index is 12.8. The lowest BCUT2D eigenvalue weighted by Gasteiger charge is -2.18. The lowest BCUT2D eigenvalue weighted by atomic mass is 10.0. The van der Waals surface area contributed by atoms with Crippen LogP contribution in [0.25, 0.3) is 0 Å². The first-order valence-corrected chi connectivity index (χ1v) is 28.8. The number of rotatable bonds is 53. The summed E-state index contributed by atoms with van der Waals surface area (Å²) in [5, 5.41) is 0. The van der Waals surface area contributed by atoms with Crippen molar-refractivity contribution in [2.75, 3.05) is 19.8 Å². The number of unbranched alkanes of at least 4 members (excludes halogenated alkanes) is 32. The number of carbonyl (C=O) groups is 2. The van der Waals surface area contributed by atoms with Gasteiger partial charge in [0.15, 0.2) is 6.10 Å².